The summed E-state index contributed by atoms with van der Waals surface area (Å²) >= 11 is 0. The monoisotopic (exact) mass is 438 g/mol. The zero-order chi connectivity index (χ0) is 22.8. The molecule has 0 aliphatic carbocycles. The Morgan fingerprint density at radius 1 is 0.970 bits per heavy atom. The van der Waals surface area contributed by atoms with E-state index in [0.29, 0.717) is 28.5 Å². The number of aryl methyl sites for hydroxylation is 1. The minimum atomic E-state index is 0.0601. The summed E-state index contributed by atoms with van der Waals surface area (Å²) < 4.78 is 0. The number of nitrogens with zero attached hydrogens (tertiary/aromatic N) is 4. The number of carbonyl (C=O) groups excluding carboxylic acids is 1. The van der Waals surface area contributed by atoms with Gasteiger partial charge < -0.3 is 16.0 Å². The molecule has 4 aromatic rings. The van der Waals surface area contributed by atoms with Crippen LogP contribution >= 0.6 is 0 Å². The molecule has 0 unspecified atom stereocenters. The van der Waals surface area contributed by atoms with Crippen LogP contribution < -0.4 is 11.1 Å². The molecule has 0 radical (unpaired) electrons. The number of pyridine rings is 1. The van der Waals surface area contributed by atoms with E-state index in [1.807, 2.05) is 53.4 Å². The van der Waals surface area contributed by atoms with Crippen LogP contribution in [0, 0.1) is 6.92 Å². The van der Waals surface area contributed by atoms with Crippen LogP contribution in [0.1, 0.15) is 22.3 Å². The summed E-state index contributed by atoms with van der Waals surface area (Å²) in [6.45, 7) is 5.34. The summed E-state index contributed by atoms with van der Waals surface area (Å²) in [6.07, 6.45) is 2.62. The average molecular weight is 439 g/mol. The Kier molecular flexibility index (Phi) is 5.71. The molecule has 0 spiro atoms. The number of nitrogen functional groups attached to an aromatic ring is 1. The highest BCUT2D eigenvalue weighted by Gasteiger charge is 2.17. The summed E-state index contributed by atoms with van der Waals surface area (Å²) in [7, 11) is 0. The van der Waals surface area contributed by atoms with Crippen LogP contribution in [0.15, 0.2) is 60.8 Å². The summed E-state index contributed by atoms with van der Waals surface area (Å²) in [5.41, 5.74) is 11.7. The first kappa shape index (κ1) is 21.0. The summed E-state index contributed by atoms with van der Waals surface area (Å²) in [4.78, 5) is 28.6. The molecule has 0 saturated carbocycles. The normalized spacial score (nSPS) is 14.3. The van der Waals surface area contributed by atoms with Gasteiger partial charge in [0.2, 0.25) is 0 Å². The fraction of sp³-hybridized carbons (Fsp3) is 0.231. The van der Waals surface area contributed by atoms with Gasteiger partial charge >= 0.3 is 0 Å². The maximum Gasteiger partial charge on any atom is 0.253 e. The van der Waals surface area contributed by atoms with E-state index in [-0.39, 0.29) is 5.91 Å². The maximum absolute atomic E-state index is 12.9. The molecule has 1 amide bonds. The predicted molar refractivity (Wildman–Crippen MR) is 131 cm³/mol. The van der Waals surface area contributed by atoms with Crippen molar-refractivity contribution in [3.05, 3.63) is 71.9 Å². The van der Waals surface area contributed by atoms with Crippen molar-refractivity contribution in [2.45, 2.75) is 13.3 Å². The SMILES string of the molecule is Cc1ccc2nc(-c3nc(-c4ccc(C(=O)N5CCCNCC5)cc4)cnc3N)ccc2c1. The molecule has 1 aliphatic heterocycles. The molecule has 2 aromatic heterocycles. The fourth-order valence-electron chi connectivity index (χ4n) is 4.12. The number of aromatic nitrogens is 3. The van der Waals surface area contributed by atoms with Crippen LogP contribution in [0.3, 0.4) is 0 Å². The van der Waals surface area contributed by atoms with Gasteiger partial charge in [0.1, 0.15) is 5.69 Å². The van der Waals surface area contributed by atoms with Crippen LogP contribution in [0.25, 0.3) is 33.5 Å². The third-order valence-electron chi connectivity index (χ3n) is 5.94. The largest absolute Gasteiger partial charge is 0.382 e. The van der Waals surface area contributed by atoms with Crippen molar-refractivity contribution in [3.8, 4) is 22.6 Å². The van der Waals surface area contributed by atoms with Gasteiger partial charge in [0.25, 0.3) is 5.91 Å². The van der Waals surface area contributed by atoms with Gasteiger partial charge in [-0.3, -0.25) is 4.79 Å². The summed E-state index contributed by atoms with van der Waals surface area (Å²) in [5, 5.41) is 4.40. The Morgan fingerprint density at radius 3 is 2.67 bits per heavy atom. The highest BCUT2D eigenvalue weighted by molar-refractivity contribution is 5.94. The smallest absolute Gasteiger partial charge is 0.253 e. The lowest BCUT2D eigenvalue weighted by molar-refractivity contribution is 0.0766. The first-order valence-corrected chi connectivity index (χ1v) is 11.2. The van der Waals surface area contributed by atoms with Crippen LogP contribution in [0.2, 0.25) is 0 Å². The molecule has 0 bridgehead atoms. The Balaban J connectivity index is 1.43. The van der Waals surface area contributed by atoms with Crippen LogP contribution in [0.5, 0.6) is 0 Å². The van der Waals surface area contributed by atoms with Crippen molar-refractivity contribution in [1.82, 2.24) is 25.2 Å². The number of nitrogens with two attached hydrogens (primary N) is 1. The number of amides is 1. The molecule has 7 nitrogen and oxygen atoms in total. The number of rotatable bonds is 3. The first-order valence-electron chi connectivity index (χ1n) is 11.2. The Morgan fingerprint density at radius 2 is 1.82 bits per heavy atom. The highest BCUT2D eigenvalue weighted by Crippen LogP contribution is 2.27. The minimum absolute atomic E-state index is 0.0601. The number of carbonyl (C=O) groups is 1. The Bertz CT molecular complexity index is 1310. The van der Waals surface area contributed by atoms with Crippen molar-refractivity contribution >= 4 is 22.6 Å². The first-order chi connectivity index (χ1) is 16.1. The zero-order valence-corrected chi connectivity index (χ0v) is 18.6. The quantitative estimate of drug-likeness (QED) is 0.506. The molecule has 1 aliphatic rings. The second-order valence-electron chi connectivity index (χ2n) is 8.35. The molecule has 166 valence electrons. The van der Waals surface area contributed by atoms with Gasteiger partial charge in [-0.05, 0) is 50.2 Å². The number of anilines is 1. The van der Waals surface area contributed by atoms with Crippen molar-refractivity contribution < 1.29 is 4.79 Å². The molecule has 1 saturated heterocycles. The molecule has 0 atom stereocenters. The lowest BCUT2D eigenvalue weighted by Crippen LogP contribution is -2.34. The van der Waals surface area contributed by atoms with Crippen LogP contribution in [-0.2, 0) is 0 Å². The van der Waals surface area contributed by atoms with Crippen molar-refractivity contribution in [2.24, 2.45) is 0 Å². The van der Waals surface area contributed by atoms with E-state index in [2.05, 4.69) is 23.3 Å². The number of nitrogens with one attached hydrogen (secondary N) is 1. The predicted octanol–water partition coefficient (Wildman–Crippen LogP) is 3.68. The van der Waals surface area contributed by atoms with E-state index in [1.54, 1.807) is 6.20 Å². The van der Waals surface area contributed by atoms with Gasteiger partial charge in [-0.15, -0.1) is 0 Å². The molecule has 3 heterocycles. The Labute approximate surface area is 192 Å². The zero-order valence-electron chi connectivity index (χ0n) is 18.6. The maximum atomic E-state index is 12.9. The van der Waals surface area contributed by atoms with Gasteiger partial charge in [-0.25, -0.2) is 15.0 Å². The minimum Gasteiger partial charge on any atom is -0.382 e. The van der Waals surface area contributed by atoms with E-state index >= 15 is 0 Å². The van der Waals surface area contributed by atoms with Crippen molar-refractivity contribution in [1.29, 1.82) is 0 Å². The number of fused-ring (bicyclic) bond motifs is 1. The average Bonchev–Trinajstić information content (AvgIpc) is 3.13. The van der Waals surface area contributed by atoms with Crippen molar-refractivity contribution in [2.75, 3.05) is 31.9 Å². The standard InChI is InChI=1S/C26H26N6O/c1-17-3-9-21-20(15-17)8-10-22(30-21)24-25(27)29-16-23(31-24)18-4-6-19(7-5-18)26(33)32-13-2-11-28-12-14-32/h3-10,15-16,28H,2,11-14H2,1H3,(H2,27,29). The number of hydrogen-bond donors (Lipinski definition) is 2. The molecule has 7 heteroatoms. The van der Waals surface area contributed by atoms with Crippen molar-refractivity contribution in [3.63, 3.8) is 0 Å². The van der Waals surface area contributed by atoms with Gasteiger partial charge in [0.15, 0.2) is 5.82 Å². The number of benzene rings is 2. The van der Waals surface area contributed by atoms with E-state index in [0.717, 1.165) is 49.1 Å². The topological polar surface area (TPSA) is 97.0 Å². The van der Waals surface area contributed by atoms with E-state index in [9.17, 15) is 4.79 Å². The fourth-order valence-corrected chi connectivity index (χ4v) is 4.12. The molecule has 3 N–H and O–H groups in total. The molecule has 5 rings (SSSR count). The van der Waals surface area contributed by atoms with Gasteiger partial charge in [-0.1, -0.05) is 29.8 Å². The molecule has 1 fully saturated rings. The van der Waals surface area contributed by atoms with Crippen LogP contribution in [0.4, 0.5) is 5.82 Å². The third kappa shape index (κ3) is 4.40. The summed E-state index contributed by atoms with van der Waals surface area (Å²) in [6, 6.07) is 17.6. The lowest BCUT2D eigenvalue weighted by Gasteiger charge is -2.20. The van der Waals surface area contributed by atoms with Crippen LogP contribution in [-0.4, -0.2) is 51.9 Å². The molecule has 2 aromatic carbocycles. The molecule has 33 heavy (non-hydrogen) atoms. The van der Waals surface area contributed by atoms with E-state index in [4.69, 9.17) is 15.7 Å². The van der Waals surface area contributed by atoms with E-state index < -0.39 is 0 Å². The van der Waals surface area contributed by atoms with Gasteiger partial charge in [0.05, 0.1) is 23.1 Å². The summed E-state index contributed by atoms with van der Waals surface area (Å²) in [5.74, 6) is 0.393. The van der Waals surface area contributed by atoms with Gasteiger partial charge in [-0.2, -0.15) is 0 Å². The number of hydrogen-bond acceptors (Lipinski definition) is 6. The highest BCUT2D eigenvalue weighted by atomic mass is 16.2. The second-order valence-corrected chi connectivity index (χ2v) is 8.35. The molecular formula is C26H26N6O. The molecular weight excluding hydrogens is 412 g/mol. The third-order valence-corrected chi connectivity index (χ3v) is 5.94. The van der Waals surface area contributed by atoms with Gasteiger partial charge in [0, 0.05) is 36.1 Å². The lowest BCUT2D eigenvalue weighted by atomic mass is 10.1. The Hall–Kier alpha value is -3.84. The van der Waals surface area contributed by atoms with E-state index in [1.165, 1.54) is 5.56 Å². The second kappa shape index (κ2) is 8.96.